The monoisotopic (exact) mass is 360 g/mol. The molecular weight excluding hydrogens is 340 g/mol. The Labute approximate surface area is 152 Å². The summed E-state index contributed by atoms with van der Waals surface area (Å²) in [7, 11) is 1.62. The topological polar surface area (TPSA) is 74.6 Å². The van der Waals surface area contributed by atoms with E-state index in [0.29, 0.717) is 0 Å². The Morgan fingerprint density at radius 3 is 2.56 bits per heavy atom. The Kier molecular flexibility index (Phi) is 6.58. The number of halogens is 1. The van der Waals surface area contributed by atoms with Crippen molar-refractivity contribution in [2.24, 2.45) is 0 Å². The van der Waals surface area contributed by atoms with Gasteiger partial charge in [0.15, 0.2) is 0 Å². The molecule has 0 aliphatic carbocycles. The number of aliphatic hydroxyl groups excluding tert-OH is 2. The Hall–Kier alpha value is -2.34. The number of benzene rings is 2. The molecule has 0 unspecified atom stereocenters. The normalized spacial score (nSPS) is 11.6. The molecule has 1 heterocycles. The van der Waals surface area contributed by atoms with Crippen molar-refractivity contribution in [1.29, 1.82) is 0 Å². The molecule has 5 nitrogen and oxygen atoms in total. The number of anilines is 1. The molecule has 0 saturated carbocycles. The highest BCUT2D eigenvalue weighted by Gasteiger charge is 2.10. The van der Waals surface area contributed by atoms with E-state index in [9.17, 15) is 5.11 Å². The zero-order valence-corrected chi connectivity index (χ0v) is 14.7. The number of nitrogens with zero attached hydrogens (tertiary/aromatic N) is 1. The number of pyridine rings is 1. The maximum absolute atomic E-state index is 9.61. The second-order valence-electron chi connectivity index (χ2n) is 5.52. The van der Waals surface area contributed by atoms with Crippen molar-refractivity contribution >= 4 is 29.0 Å². The summed E-state index contributed by atoms with van der Waals surface area (Å²) in [6, 6.07) is 17.5. The highest BCUT2D eigenvalue weighted by Crippen LogP contribution is 2.30. The Bertz CT molecular complexity index is 828. The van der Waals surface area contributed by atoms with Crippen LogP contribution >= 0.6 is 12.4 Å². The number of hydrogen-bond acceptors (Lipinski definition) is 5. The third-order valence-corrected chi connectivity index (χ3v) is 3.83. The third kappa shape index (κ3) is 4.39. The number of nitrogens with one attached hydrogen (secondary N) is 1. The highest BCUT2D eigenvalue weighted by atomic mass is 35.5. The van der Waals surface area contributed by atoms with E-state index in [2.05, 4.69) is 5.32 Å². The molecule has 3 N–H and O–H groups in total. The van der Waals surface area contributed by atoms with Crippen molar-refractivity contribution in [2.75, 3.05) is 25.6 Å². The van der Waals surface area contributed by atoms with Crippen LogP contribution in [-0.4, -0.2) is 41.6 Å². The molecule has 0 aliphatic heterocycles. The molecule has 0 bridgehead atoms. The second-order valence-corrected chi connectivity index (χ2v) is 5.52. The van der Waals surface area contributed by atoms with Crippen molar-refractivity contribution in [1.82, 2.24) is 4.98 Å². The van der Waals surface area contributed by atoms with Gasteiger partial charge in [-0.15, -0.1) is 12.4 Å². The second kappa shape index (κ2) is 8.67. The Morgan fingerprint density at radius 2 is 1.88 bits per heavy atom. The van der Waals surface area contributed by atoms with Gasteiger partial charge in [0.1, 0.15) is 5.75 Å². The van der Waals surface area contributed by atoms with Gasteiger partial charge in [0.05, 0.1) is 31.0 Å². The number of hydrogen-bond donors (Lipinski definition) is 3. The maximum atomic E-state index is 9.61. The fraction of sp³-hybridized carbons (Fsp3) is 0.211. The van der Waals surface area contributed by atoms with E-state index in [0.717, 1.165) is 33.6 Å². The molecule has 3 aromatic rings. The number of aliphatic hydroxyl groups is 2. The summed E-state index contributed by atoms with van der Waals surface area (Å²) in [6.45, 7) is -0.0226. The summed E-state index contributed by atoms with van der Waals surface area (Å²) < 4.78 is 5.29. The molecule has 6 heteroatoms. The molecule has 1 aromatic heterocycles. The zero-order valence-electron chi connectivity index (χ0n) is 13.8. The first kappa shape index (κ1) is 19.0. The van der Waals surface area contributed by atoms with Crippen LogP contribution in [0.15, 0.2) is 54.6 Å². The van der Waals surface area contributed by atoms with Crippen molar-refractivity contribution in [2.45, 2.75) is 6.10 Å². The van der Waals surface area contributed by atoms with E-state index in [1.165, 1.54) is 0 Å². The number of rotatable bonds is 6. The van der Waals surface area contributed by atoms with Crippen LogP contribution in [0, 0.1) is 0 Å². The lowest BCUT2D eigenvalue weighted by molar-refractivity contribution is 0.105. The first-order valence-corrected chi connectivity index (χ1v) is 7.78. The standard InChI is InChI=1S/C19H20N2O3.ClH/c1-24-15-7-8-16-18(20-11-14(23)12-22)10-17(21-19(16)9-15)13-5-3-2-4-6-13;/h2-10,14,22-23H,11-12H2,1H3,(H,20,21);1H/t14-;/m0./s1. The van der Waals surface area contributed by atoms with Crippen molar-refractivity contribution in [3.05, 3.63) is 54.6 Å². The minimum atomic E-state index is -0.813. The largest absolute Gasteiger partial charge is 0.497 e. The summed E-state index contributed by atoms with van der Waals surface area (Å²) >= 11 is 0. The molecule has 25 heavy (non-hydrogen) atoms. The van der Waals surface area contributed by atoms with Crippen LogP contribution in [0.3, 0.4) is 0 Å². The molecule has 0 radical (unpaired) electrons. The first-order chi connectivity index (χ1) is 11.7. The van der Waals surface area contributed by atoms with Gasteiger partial charge in [-0.2, -0.15) is 0 Å². The molecule has 0 fully saturated rings. The minimum Gasteiger partial charge on any atom is -0.497 e. The van der Waals surface area contributed by atoms with Gasteiger partial charge in [-0.25, -0.2) is 4.98 Å². The summed E-state index contributed by atoms with van der Waals surface area (Å²) in [5.74, 6) is 0.738. The van der Waals surface area contributed by atoms with Crippen LogP contribution in [0.25, 0.3) is 22.2 Å². The van der Waals surface area contributed by atoms with E-state index in [4.69, 9.17) is 14.8 Å². The van der Waals surface area contributed by atoms with Gasteiger partial charge in [0.25, 0.3) is 0 Å². The van der Waals surface area contributed by atoms with Crippen LogP contribution in [0.5, 0.6) is 5.75 Å². The lowest BCUT2D eigenvalue weighted by atomic mass is 10.1. The van der Waals surface area contributed by atoms with E-state index in [1.807, 2.05) is 54.6 Å². The van der Waals surface area contributed by atoms with Gasteiger partial charge in [-0.05, 0) is 18.2 Å². The zero-order chi connectivity index (χ0) is 16.9. The fourth-order valence-electron chi connectivity index (χ4n) is 2.53. The Morgan fingerprint density at radius 1 is 1.12 bits per heavy atom. The van der Waals surface area contributed by atoms with Gasteiger partial charge in [0.2, 0.25) is 0 Å². The van der Waals surface area contributed by atoms with Crippen molar-refractivity contribution < 1.29 is 14.9 Å². The van der Waals surface area contributed by atoms with Crippen LogP contribution in [-0.2, 0) is 0 Å². The van der Waals surface area contributed by atoms with Gasteiger partial charge in [0, 0.05) is 29.2 Å². The molecule has 0 saturated heterocycles. The predicted molar refractivity (Wildman–Crippen MR) is 103 cm³/mol. The average molecular weight is 361 g/mol. The number of aromatic nitrogens is 1. The van der Waals surface area contributed by atoms with Gasteiger partial charge in [-0.1, -0.05) is 30.3 Å². The number of ether oxygens (including phenoxy) is 1. The van der Waals surface area contributed by atoms with Gasteiger partial charge in [-0.3, -0.25) is 0 Å². The van der Waals surface area contributed by atoms with E-state index < -0.39 is 6.10 Å². The molecule has 0 amide bonds. The summed E-state index contributed by atoms with van der Waals surface area (Å²) in [6.07, 6.45) is -0.813. The summed E-state index contributed by atoms with van der Waals surface area (Å²) in [4.78, 5) is 4.73. The molecular formula is C19H21ClN2O3. The summed E-state index contributed by atoms with van der Waals surface area (Å²) in [5, 5.41) is 22.7. The maximum Gasteiger partial charge on any atom is 0.121 e. The van der Waals surface area contributed by atoms with E-state index in [-0.39, 0.29) is 25.6 Å². The fourth-order valence-corrected chi connectivity index (χ4v) is 2.53. The molecule has 2 aromatic carbocycles. The van der Waals surface area contributed by atoms with Crippen molar-refractivity contribution in [3.63, 3.8) is 0 Å². The molecule has 3 rings (SSSR count). The van der Waals surface area contributed by atoms with E-state index >= 15 is 0 Å². The molecule has 0 spiro atoms. The van der Waals surface area contributed by atoms with Crippen molar-refractivity contribution in [3.8, 4) is 17.0 Å². The van der Waals surface area contributed by atoms with Gasteiger partial charge < -0.3 is 20.3 Å². The average Bonchev–Trinajstić information content (AvgIpc) is 2.65. The van der Waals surface area contributed by atoms with E-state index in [1.54, 1.807) is 7.11 Å². The van der Waals surface area contributed by atoms with Crippen LogP contribution in [0.4, 0.5) is 5.69 Å². The van der Waals surface area contributed by atoms with Crippen LogP contribution < -0.4 is 10.1 Å². The lowest BCUT2D eigenvalue weighted by Gasteiger charge is -2.14. The summed E-state index contributed by atoms with van der Waals surface area (Å²) in [5.41, 5.74) is 3.50. The quantitative estimate of drug-likeness (QED) is 0.630. The number of methoxy groups -OCH3 is 1. The SMILES string of the molecule is COc1ccc2c(NC[C@H](O)CO)cc(-c3ccccc3)nc2c1.Cl. The predicted octanol–water partition coefficient (Wildman–Crippen LogP) is 3.10. The minimum absolute atomic E-state index is 0. The molecule has 0 aliphatic rings. The molecule has 132 valence electrons. The first-order valence-electron chi connectivity index (χ1n) is 7.78. The lowest BCUT2D eigenvalue weighted by Crippen LogP contribution is -2.23. The third-order valence-electron chi connectivity index (χ3n) is 3.83. The highest BCUT2D eigenvalue weighted by molar-refractivity contribution is 5.94. The van der Waals surface area contributed by atoms with Gasteiger partial charge >= 0.3 is 0 Å². The van der Waals surface area contributed by atoms with Crippen LogP contribution in [0.2, 0.25) is 0 Å². The number of fused-ring (bicyclic) bond motifs is 1. The smallest absolute Gasteiger partial charge is 0.121 e. The van der Waals surface area contributed by atoms with Crippen LogP contribution in [0.1, 0.15) is 0 Å². The molecule has 1 atom stereocenters. The Balaban J connectivity index is 0.00000225.